The normalized spacial score (nSPS) is 14.8. The molecule has 0 aliphatic carbocycles. The van der Waals surface area contributed by atoms with Crippen LogP contribution in [0, 0.1) is 0 Å². The SMILES string of the molecule is CCOC(=O)C1=C(C)N=c2s/c(=C/c3cccc(OCC(=O)O)c3)c(=O)n2[C@@H]1c1cc(OC)c(OCC)cc1Br. The molecule has 0 saturated carbocycles. The lowest BCUT2D eigenvalue weighted by Crippen LogP contribution is -2.40. The molecule has 0 unspecified atom stereocenters. The molecular weight excluding hydrogens is 604 g/mol. The van der Waals surface area contributed by atoms with E-state index in [1.807, 2.05) is 6.92 Å². The number of benzene rings is 2. The van der Waals surface area contributed by atoms with Gasteiger partial charge in [-0.05, 0) is 62.2 Å². The molecule has 210 valence electrons. The summed E-state index contributed by atoms with van der Waals surface area (Å²) in [6.07, 6.45) is 1.67. The van der Waals surface area contributed by atoms with Crippen LogP contribution in [0.3, 0.4) is 0 Å². The van der Waals surface area contributed by atoms with Crippen LogP contribution in [-0.4, -0.2) is 48.5 Å². The fourth-order valence-electron chi connectivity index (χ4n) is 4.26. The second-order valence-corrected chi connectivity index (χ2v) is 10.4. The lowest BCUT2D eigenvalue weighted by atomic mass is 9.95. The molecule has 1 N–H and O–H groups in total. The van der Waals surface area contributed by atoms with E-state index in [0.29, 0.717) is 54.5 Å². The zero-order valence-corrected chi connectivity index (χ0v) is 24.6. The van der Waals surface area contributed by atoms with Gasteiger partial charge in [-0.2, -0.15) is 0 Å². The zero-order chi connectivity index (χ0) is 29.0. The number of carbonyl (C=O) groups excluding carboxylic acids is 1. The van der Waals surface area contributed by atoms with Gasteiger partial charge in [-0.1, -0.05) is 39.4 Å². The highest BCUT2D eigenvalue weighted by Crippen LogP contribution is 2.41. The molecule has 10 nitrogen and oxygen atoms in total. The van der Waals surface area contributed by atoms with Gasteiger partial charge >= 0.3 is 11.9 Å². The number of rotatable bonds is 10. The number of carboxylic acid groups (broad SMARTS) is 1. The number of carbonyl (C=O) groups is 2. The third-order valence-corrected chi connectivity index (χ3v) is 7.58. The number of aromatic nitrogens is 1. The number of esters is 1. The van der Waals surface area contributed by atoms with Crippen LogP contribution in [0.5, 0.6) is 17.2 Å². The van der Waals surface area contributed by atoms with Crippen LogP contribution in [-0.2, 0) is 14.3 Å². The number of methoxy groups -OCH3 is 1. The third kappa shape index (κ3) is 5.97. The van der Waals surface area contributed by atoms with Crippen molar-refractivity contribution in [3.8, 4) is 17.2 Å². The van der Waals surface area contributed by atoms with Crippen molar-refractivity contribution >= 4 is 45.3 Å². The van der Waals surface area contributed by atoms with Crippen LogP contribution in [0.15, 0.2) is 61.9 Å². The van der Waals surface area contributed by atoms with Crippen LogP contribution in [0.25, 0.3) is 6.08 Å². The monoisotopic (exact) mass is 630 g/mol. The summed E-state index contributed by atoms with van der Waals surface area (Å²) in [5.41, 5.74) is 1.53. The lowest BCUT2D eigenvalue weighted by Gasteiger charge is -2.26. The first-order valence-electron chi connectivity index (χ1n) is 12.3. The van der Waals surface area contributed by atoms with Crippen molar-refractivity contribution in [2.45, 2.75) is 26.8 Å². The molecule has 0 spiro atoms. The predicted octanol–water partition coefficient (Wildman–Crippen LogP) is 3.43. The smallest absolute Gasteiger partial charge is 0.341 e. The van der Waals surface area contributed by atoms with Gasteiger partial charge in [0.05, 0.1) is 42.2 Å². The standard InChI is InChI=1S/C28H27BrN2O8S/c1-5-37-21-13-19(29)18(12-20(21)36-4)25-24(27(35)38-6-2)15(3)30-28-31(25)26(34)22(40-28)11-16-8-7-9-17(10-16)39-14-23(32)33/h7-13,25H,5-6,14H2,1-4H3,(H,32,33)/b22-11+/t25-/m1/s1. The van der Waals surface area contributed by atoms with E-state index < -0.39 is 24.6 Å². The summed E-state index contributed by atoms with van der Waals surface area (Å²) in [5.74, 6) is -0.364. The Balaban J connectivity index is 1.92. The molecule has 0 bridgehead atoms. The number of thiazole rings is 1. The zero-order valence-electron chi connectivity index (χ0n) is 22.2. The maximum absolute atomic E-state index is 13.9. The average Bonchev–Trinajstić information content (AvgIpc) is 3.21. The highest BCUT2D eigenvalue weighted by atomic mass is 79.9. The first-order valence-corrected chi connectivity index (χ1v) is 13.9. The third-order valence-electron chi connectivity index (χ3n) is 5.91. The predicted molar refractivity (Wildman–Crippen MR) is 152 cm³/mol. The topological polar surface area (TPSA) is 126 Å². The van der Waals surface area contributed by atoms with Crippen LogP contribution in [0.2, 0.25) is 0 Å². The Morgan fingerprint density at radius 3 is 2.60 bits per heavy atom. The Morgan fingerprint density at radius 1 is 1.15 bits per heavy atom. The summed E-state index contributed by atoms with van der Waals surface area (Å²) in [4.78, 5) is 43.0. The number of hydrogen-bond donors (Lipinski definition) is 1. The van der Waals surface area contributed by atoms with Crippen LogP contribution < -0.4 is 29.1 Å². The summed E-state index contributed by atoms with van der Waals surface area (Å²) < 4.78 is 24.3. The van der Waals surface area contributed by atoms with Gasteiger partial charge in [0.2, 0.25) is 0 Å². The minimum absolute atomic E-state index is 0.154. The van der Waals surface area contributed by atoms with Crippen molar-refractivity contribution in [3.63, 3.8) is 0 Å². The number of allylic oxidation sites excluding steroid dienone is 1. The van der Waals surface area contributed by atoms with E-state index in [2.05, 4.69) is 20.9 Å². The second kappa shape index (κ2) is 12.5. The maximum Gasteiger partial charge on any atom is 0.341 e. The second-order valence-electron chi connectivity index (χ2n) is 8.51. The molecule has 1 aliphatic heterocycles. The largest absolute Gasteiger partial charge is 0.493 e. The van der Waals surface area contributed by atoms with Gasteiger partial charge < -0.3 is 24.1 Å². The van der Waals surface area contributed by atoms with E-state index in [9.17, 15) is 14.4 Å². The average molecular weight is 632 g/mol. The number of nitrogens with zero attached hydrogens (tertiary/aromatic N) is 2. The lowest BCUT2D eigenvalue weighted by molar-refractivity contribution is -0.140. The van der Waals surface area contributed by atoms with E-state index >= 15 is 0 Å². The highest BCUT2D eigenvalue weighted by Gasteiger charge is 2.35. The molecular formula is C28H27BrN2O8S. The molecule has 12 heteroatoms. The maximum atomic E-state index is 13.9. The Labute approximate surface area is 241 Å². The quantitative estimate of drug-likeness (QED) is 0.338. The van der Waals surface area contributed by atoms with E-state index in [-0.39, 0.29) is 17.7 Å². The molecule has 4 rings (SSSR count). The number of fused-ring (bicyclic) bond motifs is 1. The molecule has 3 aromatic rings. The minimum Gasteiger partial charge on any atom is -0.493 e. The molecule has 0 amide bonds. The first kappa shape index (κ1) is 29.1. The first-order chi connectivity index (χ1) is 19.2. The van der Waals surface area contributed by atoms with Gasteiger partial charge in [0.25, 0.3) is 5.56 Å². The van der Waals surface area contributed by atoms with Crippen molar-refractivity contribution in [2.75, 3.05) is 26.9 Å². The molecule has 2 heterocycles. The summed E-state index contributed by atoms with van der Waals surface area (Å²) >= 11 is 4.78. The van der Waals surface area contributed by atoms with E-state index in [4.69, 9.17) is 24.1 Å². The molecule has 0 fully saturated rings. The van der Waals surface area contributed by atoms with Crippen molar-refractivity contribution in [1.29, 1.82) is 0 Å². The number of halogens is 1. The number of aliphatic carboxylic acids is 1. The summed E-state index contributed by atoms with van der Waals surface area (Å²) in [6.45, 7) is 5.37. The molecule has 40 heavy (non-hydrogen) atoms. The molecule has 1 aromatic heterocycles. The summed E-state index contributed by atoms with van der Waals surface area (Å²) in [6, 6.07) is 9.37. The molecule has 2 aromatic carbocycles. The fraction of sp³-hybridized carbons (Fsp3) is 0.286. The van der Waals surface area contributed by atoms with Gasteiger partial charge in [0, 0.05) is 4.47 Å². The van der Waals surface area contributed by atoms with Crippen molar-refractivity contribution in [3.05, 3.63) is 83.0 Å². The van der Waals surface area contributed by atoms with Gasteiger partial charge in [-0.15, -0.1) is 0 Å². The van der Waals surface area contributed by atoms with E-state index in [0.717, 1.165) is 0 Å². The Morgan fingerprint density at radius 2 is 1.93 bits per heavy atom. The molecule has 1 atom stereocenters. The Kier molecular flexibility index (Phi) is 9.10. The summed E-state index contributed by atoms with van der Waals surface area (Å²) in [5, 5.41) is 8.90. The molecule has 0 radical (unpaired) electrons. The Hall–Kier alpha value is -3.90. The van der Waals surface area contributed by atoms with Crippen molar-refractivity contribution < 1.29 is 33.6 Å². The number of hydrogen-bond acceptors (Lipinski definition) is 9. The molecule has 1 aliphatic rings. The van der Waals surface area contributed by atoms with Gasteiger partial charge in [0.15, 0.2) is 22.9 Å². The van der Waals surface area contributed by atoms with E-state index in [1.54, 1.807) is 56.3 Å². The highest BCUT2D eigenvalue weighted by molar-refractivity contribution is 9.10. The van der Waals surface area contributed by atoms with Crippen molar-refractivity contribution in [1.82, 2.24) is 4.57 Å². The van der Waals surface area contributed by atoms with E-state index in [1.165, 1.54) is 23.0 Å². The number of ether oxygens (including phenoxy) is 4. The van der Waals surface area contributed by atoms with Crippen molar-refractivity contribution in [2.24, 2.45) is 4.99 Å². The minimum atomic E-state index is -1.09. The van der Waals surface area contributed by atoms with Gasteiger partial charge in [0.1, 0.15) is 5.75 Å². The Bertz CT molecular complexity index is 1670. The molecule has 0 saturated heterocycles. The van der Waals surface area contributed by atoms with Gasteiger partial charge in [-0.3, -0.25) is 9.36 Å². The number of carboxylic acids is 1. The van der Waals surface area contributed by atoms with Crippen LogP contribution in [0.1, 0.15) is 37.9 Å². The van der Waals surface area contributed by atoms with Crippen LogP contribution in [0.4, 0.5) is 0 Å². The van der Waals surface area contributed by atoms with Crippen LogP contribution >= 0.6 is 27.3 Å². The van der Waals surface area contributed by atoms with Gasteiger partial charge in [-0.25, -0.2) is 14.6 Å². The fourth-order valence-corrected chi connectivity index (χ4v) is 5.85. The summed E-state index contributed by atoms with van der Waals surface area (Å²) in [7, 11) is 1.52.